The van der Waals surface area contributed by atoms with Gasteiger partial charge in [-0.05, 0) is 37.3 Å². The molecule has 0 aliphatic heterocycles. The highest BCUT2D eigenvalue weighted by molar-refractivity contribution is 6.01. The second-order valence-electron chi connectivity index (χ2n) is 5.83. The smallest absolute Gasteiger partial charge is 0.257 e. The van der Waals surface area contributed by atoms with E-state index in [4.69, 9.17) is 15.6 Å². The van der Waals surface area contributed by atoms with E-state index >= 15 is 0 Å². The Labute approximate surface area is 126 Å². The Morgan fingerprint density at radius 2 is 2.14 bits per heavy atom. The fraction of sp³-hybridized carbons (Fsp3) is 0.562. The van der Waals surface area contributed by atoms with Gasteiger partial charge in [0.05, 0.1) is 6.61 Å². The van der Waals surface area contributed by atoms with Gasteiger partial charge in [-0.3, -0.25) is 4.79 Å². The number of aliphatic hydroxyl groups excluding tert-OH is 1. The lowest BCUT2D eigenvalue weighted by molar-refractivity contribution is 0.0930. The van der Waals surface area contributed by atoms with Crippen LogP contribution in [0.2, 0.25) is 0 Å². The third kappa shape index (κ3) is 5.27. The largest absolute Gasteiger partial charge is 0.493 e. The maximum Gasteiger partial charge on any atom is 0.257 e. The Morgan fingerprint density at radius 1 is 1.43 bits per heavy atom. The van der Waals surface area contributed by atoms with E-state index in [-0.39, 0.29) is 17.9 Å². The molecular formula is C16H26N2O3. The fourth-order valence-electron chi connectivity index (χ4n) is 2.12. The van der Waals surface area contributed by atoms with Gasteiger partial charge < -0.3 is 20.9 Å². The lowest BCUT2D eigenvalue weighted by Gasteiger charge is -2.25. The minimum absolute atomic E-state index is 0.0757. The first-order chi connectivity index (χ1) is 9.91. The molecule has 0 fully saturated rings. The molecule has 4 N–H and O–H groups in total. The lowest BCUT2D eigenvalue weighted by Crippen LogP contribution is -2.34. The van der Waals surface area contributed by atoms with Crippen molar-refractivity contribution in [3.63, 3.8) is 0 Å². The summed E-state index contributed by atoms with van der Waals surface area (Å²) in [5.41, 5.74) is 6.62. The monoisotopic (exact) mass is 294 g/mol. The highest BCUT2D eigenvalue weighted by Crippen LogP contribution is 2.25. The molecule has 1 aromatic carbocycles. The van der Waals surface area contributed by atoms with E-state index in [2.05, 4.69) is 19.2 Å². The summed E-state index contributed by atoms with van der Waals surface area (Å²) in [6.45, 7) is 7.14. The van der Waals surface area contributed by atoms with Crippen LogP contribution in [-0.4, -0.2) is 30.8 Å². The first kappa shape index (κ1) is 17.3. The van der Waals surface area contributed by atoms with Crippen LogP contribution in [0.3, 0.4) is 0 Å². The van der Waals surface area contributed by atoms with Gasteiger partial charge in [0.15, 0.2) is 0 Å². The topological polar surface area (TPSA) is 84.6 Å². The Hall–Kier alpha value is -1.75. The van der Waals surface area contributed by atoms with E-state index in [1.807, 2.05) is 6.92 Å². The molecule has 21 heavy (non-hydrogen) atoms. The van der Waals surface area contributed by atoms with Crippen LogP contribution in [0, 0.1) is 5.41 Å². The molecule has 0 saturated carbocycles. The van der Waals surface area contributed by atoms with Gasteiger partial charge in [-0.1, -0.05) is 19.9 Å². The predicted octanol–water partition coefficient (Wildman–Crippen LogP) is 2.20. The molecule has 0 aliphatic carbocycles. The van der Waals surface area contributed by atoms with Gasteiger partial charge in [0.2, 0.25) is 0 Å². The molecule has 0 spiro atoms. The van der Waals surface area contributed by atoms with E-state index in [9.17, 15) is 4.79 Å². The van der Waals surface area contributed by atoms with Gasteiger partial charge in [0.25, 0.3) is 5.91 Å². The van der Waals surface area contributed by atoms with Crippen LogP contribution < -0.4 is 15.8 Å². The Kier molecular flexibility index (Phi) is 6.49. The third-order valence-corrected chi connectivity index (χ3v) is 3.32. The number of nitrogen functional groups attached to an aromatic ring is 1. The first-order valence-electron chi connectivity index (χ1n) is 7.31. The molecule has 0 atom stereocenters. The van der Waals surface area contributed by atoms with Gasteiger partial charge in [0.1, 0.15) is 11.3 Å². The van der Waals surface area contributed by atoms with Crippen molar-refractivity contribution in [2.75, 3.05) is 25.5 Å². The molecule has 0 unspecified atom stereocenters. The lowest BCUT2D eigenvalue weighted by atomic mass is 9.88. The van der Waals surface area contributed by atoms with Crippen LogP contribution in [0.4, 0.5) is 5.69 Å². The summed E-state index contributed by atoms with van der Waals surface area (Å²) >= 11 is 0. The van der Waals surface area contributed by atoms with Crippen LogP contribution in [-0.2, 0) is 0 Å². The van der Waals surface area contributed by atoms with Crippen LogP contribution in [0.1, 0.15) is 44.0 Å². The number of amides is 1. The molecule has 1 amide bonds. The van der Waals surface area contributed by atoms with E-state index < -0.39 is 0 Å². The summed E-state index contributed by atoms with van der Waals surface area (Å²) in [4.78, 5) is 12.4. The maximum absolute atomic E-state index is 12.4. The number of carbonyl (C=O) groups excluding carboxylic acids is 1. The van der Waals surface area contributed by atoms with Crippen molar-refractivity contribution in [2.24, 2.45) is 5.41 Å². The molecule has 0 bridgehead atoms. The molecule has 0 radical (unpaired) electrons. The minimum Gasteiger partial charge on any atom is -0.493 e. The molecule has 5 nitrogen and oxygen atoms in total. The number of benzene rings is 1. The van der Waals surface area contributed by atoms with Gasteiger partial charge in [-0.25, -0.2) is 0 Å². The zero-order chi connectivity index (χ0) is 15.9. The molecule has 0 saturated heterocycles. The molecule has 0 aliphatic rings. The van der Waals surface area contributed by atoms with E-state index in [1.54, 1.807) is 18.2 Å². The molecule has 0 heterocycles. The number of anilines is 1. The van der Waals surface area contributed by atoms with Crippen LogP contribution in [0.5, 0.6) is 5.75 Å². The zero-order valence-electron chi connectivity index (χ0n) is 13.1. The van der Waals surface area contributed by atoms with Crippen molar-refractivity contribution in [1.29, 1.82) is 0 Å². The highest BCUT2D eigenvalue weighted by Gasteiger charge is 2.21. The fourth-order valence-corrected chi connectivity index (χ4v) is 2.12. The molecule has 0 aromatic heterocycles. The van der Waals surface area contributed by atoms with E-state index in [0.717, 1.165) is 12.8 Å². The number of aliphatic hydroxyl groups is 1. The summed E-state index contributed by atoms with van der Waals surface area (Å²) in [6.07, 6.45) is 1.56. The molecule has 118 valence electrons. The predicted molar refractivity (Wildman–Crippen MR) is 84.5 cm³/mol. The number of nitrogens with one attached hydrogen (secondary N) is 1. The average molecular weight is 294 g/mol. The third-order valence-electron chi connectivity index (χ3n) is 3.32. The Bertz CT molecular complexity index is 473. The molecule has 5 heteroatoms. The second kappa shape index (κ2) is 7.88. The number of rotatable bonds is 8. The number of nitrogens with two attached hydrogens (primary N) is 1. The average Bonchev–Trinajstić information content (AvgIpc) is 2.43. The maximum atomic E-state index is 12.4. The summed E-state index contributed by atoms with van der Waals surface area (Å²) in [7, 11) is 0. The van der Waals surface area contributed by atoms with Crippen LogP contribution in [0.15, 0.2) is 18.2 Å². The van der Waals surface area contributed by atoms with Crippen molar-refractivity contribution in [3.05, 3.63) is 23.8 Å². The van der Waals surface area contributed by atoms with Crippen molar-refractivity contribution in [1.82, 2.24) is 5.32 Å². The number of ether oxygens (including phenoxy) is 1. The number of carbonyl (C=O) groups is 1. The Morgan fingerprint density at radius 3 is 2.76 bits per heavy atom. The molecule has 1 aromatic rings. The second-order valence-corrected chi connectivity index (χ2v) is 5.83. The molecular weight excluding hydrogens is 268 g/mol. The van der Waals surface area contributed by atoms with E-state index in [1.165, 1.54) is 0 Å². The van der Waals surface area contributed by atoms with Crippen molar-refractivity contribution < 1.29 is 14.6 Å². The summed E-state index contributed by atoms with van der Waals surface area (Å²) in [6, 6.07) is 5.20. The normalized spacial score (nSPS) is 11.2. The van der Waals surface area contributed by atoms with Gasteiger partial charge in [-0.15, -0.1) is 0 Å². The van der Waals surface area contributed by atoms with Crippen molar-refractivity contribution in [2.45, 2.75) is 33.6 Å². The summed E-state index contributed by atoms with van der Waals surface area (Å²) in [5, 5.41) is 11.8. The van der Waals surface area contributed by atoms with Crippen molar-refractivity contribution in [3.8, 4) is 5.75 Å². The quantitative estimate of drug-likeness (QED) is 0.642. The van der Waals surface area contributed by atoms with Crippen molar-refractivity contribution >= 4 is 11.6 Å². The summed E-state index contributed by atoms with van der Waals surface area (Å²) < 4.78 is 5.46. The number of hydrogen-bond acceptors (Lipinski definition) is 4. The SMILES string of the molecule is CCOc1cccc(N)c1C(=O)NCC(C)(C)CCCO. The van der Waals surface area contributed by atoms with Gasteiger partial charge in [0, 0.05) is 18.8 Å². The highest BCUT2D eigenvalue weighted by atomic mass is 16.5. The molecule has 1 rings (SSSR count). The Balaban J connectivity index is 2.76. The standard InChI is InChI=1S/C16H26N2O3/c1-4-21-13-8-5-7-12(17)14(13)15(20)18-11-16(2,3)9-6-10-19/h5,7-8,19H,4,6,9-11,17H2,1-3H3,(H,18,20). The minimum atomic E-state index is -0.228. The van der Waals surface area contributed by atoms with Crippen LogP contribution >= 0.6 is 0 Å². The zero-order valence-corrected chi connectivity index (χ0v) is 13.1. The number of hydrogen-bond donors (Lipinski definition) is 3. The van der Waals surface area contributed by atoms with Crippen LogP contribution in [0.25, 0.3) is 0 Å². The van der Waals surface area contributed by atoms with E-state index in [0.29, 0.717) is 30.2 Å². The van der Waals surface area contributed by atoms with Gasteiger partial charge in [-0.2, -0.15) is 0 Å². The van der Waals surface area contributed by atoms with Gasteiger partial charge >= 0.3 is 0 Å². The first-order valence-corrected chi connectivity index (χ1v) is 7.31. The summed E-state index contributed by atoms with van der Waals surface area (Å²) in [5.74, 6) is 0.275.